The van der Waals surface area contributed by atoms with Crippen LogP contribution in [0, 0.1) is 12.7 Å². The molecule has 2 rings (SSSR count). The maximum atomic E-state index is 13.6. The fourth-order valence-corrected chi connectivity index (χ4v) is 1.89. The zero-order valence-electron chi connectivity index (χ0n) is 11.3. The molecule has 5 heteroatoms. The van der Waals surface area contributed by atoms with Gasteiger partial charge in [-0.3, -0.25) is 0 Å². The molecule has 0 saturated heterocycles. The molecule has 0 aliphatic heterocycles. The van der Waals surface area contributed by atoms with E-state index < -0.39 is 0 Å². The summed E-state index contributed by atoms with van der Waals surface area (Å²) in [5.74, 6) is 0.811. The van der Waals surface area contributed by atoms with Gasteiger partial charge in [-0.25, -0.2) is 9.37 Å². The number of halogens is 1. The van der Waals surface area contributed by atoms with Gasteiger partial charge in [-0.1, -0.05) is 6.07 Å². The van der Waals surface area contributed by atoms with Crippen molar-refractivity contribution in [3.05, 3.63) is 47.3 Å². The Morgan fingerprint density at radius 3 is 2.84 bits per heavy atom. The van der Waals surface area contributed by atoms with Crippen LogP contribution in [0.3, 0.4) is 0 Å². The maximum Gasteiger partial charge on any atom is 0.165 e. The van der Waals surface area contributed by atoms with Crippen LogP contribution in [0.4, 0.5) is 4.39 Å². The third-order valence-electron chi connectivity index (χ3n) is 3.03. The van der Waals surface area contributed by atoms with Gasteiger partial charge in [0.1, 0.15) is 5.82 Å². The number of nitrogens with one attached hydrogen (secondary N) is 2. The molecule has 0 radical (unpaired) electrons. The number of rotatable bonds is 5. The molecule has 0 bridgehead atoms. The molecule has 0 aliphatic carbocycles. The fourth-order valence-electron chi connectivity index (χ4n) is 1.89. The smallest absolute Gasteiger partial charge is 0.165 e. The van der Waals surface area contributed by atoms with Crippen molar-refractivity contribution in [1.82, 2.24) is 15.3 Å². The van der Waals surface area contributed by atoms with E-state index in [4.69, 9.17) is 4.74 Å². The number of hydrogen-bond donors (Lipinski definition) is 2. The average molecular weight is 263 g/mol. The topological polar surface area (TPSA) is 49.9 Å². The second kappa shape index (κ2) is 5.84. The van der Waals surface area contributed by atoms with Gasteiger partial charge in [0.2, 0.25) is 0 Å². The van der Waals surface area contributed by atoms with Gasteiger partial charge in [-0.2, -0.15) is 0 Å². The van der Waals surface area contributed by atoms with Gasteiger partial charge in [-0.05, 0) is 31.5 Å². The fraction of sp³-hybridized carbons (Fsp3) is 0.357. The average Bonchev–Trinajstić information content (AvgIpc) is 2.81. The lowest BCUT2D eigenvalue weighted by Crippen LogP contribution is -2.18. The number of H-pyrrole nitrogens is 1. The summed E-state index contributed by atoms with van der Waals surface area (Å²) in [5, 5.41) is 3.31. The van der Waals surface area contributed by atoms with E-state index in [9.17, 15) is 4.39 Å². The molecule has 0 fully saturated rings. The third kappa shape index (κ3) is 3.32. The van der Waals surface area contributed by atoms with Crippen LogP contribution in [0.2, 0.25) is 0 Å². The van der Waals surface area contributed by atoms with E-state index in [0.29, 0.717) is 6.54 Å². The van der Waals surface area contributed by atoms with E-state index in [1.54, 1.807) is 12.3 Å². The van der Waals surface area contributed by atoms with Gasteiger partial charge >= 0.3 is 0 Å². The highest BCUT2D eigenvalue weighted by molar-refractivity contribution is 5.30. The van der Waals surface area contributed by atoms with E-state index in [-0.39, 0.29) is 17.6 Å². The van der Waals surface area contributed by atoms with Crippen molar-refractivity contribution in [2.75, 3.05) is 7.11 Å². The Morgan fingerprint density at radius 2 is 2.26 bits per heavy atom. The molecule has 1 unspecified atom stereocenters. The quantitative estimate of drug-likeness (QED) is 0.872. The molecule has 0 amide bonds. The standard InChI is InChI=1S/C14H18FN3O/c1-9(16-7-12-8-17-10(2)18-12)11-4-5-14(19-3)13(15)6-11/h4-6,8-9,16H,7H2,1-3H3,(H,17,18). The number of imidazole rings is 1. The Hall–Kier alpha value is -1.88. The predicted octanol–water partition coefficient (Wildman–Crippen LogP) is 2.72. The lowest BCUT2D eigenvalue weighted by molar-refractivity contribution is 0.385. The molecule has 0 spiro atoms. The molecule has 2 N–H and O–H groups in total. The minimum absolute atomic E-state index is 0.0454. The van der Waals surface area contributed by atoms with Crippen molar-refractivity contribution < 1.29 is 9.13 Å². The molecule has 2 aromatic rings. The van der Waals surface area contributed by atoms with E-state index in [1.165, 1.54) is 13.2 Å². The van der Waals surface area contributed by atoms with Gasteiger partial charge < -0.3 is 15.0 Å². The molecule has 0 saturated carbocycles. The highest BCUT2D eigenvalue weighted by Gasteiger charge is 2.09. The number of ether oxygens (including phenoxy) is 1. The van der Waals surface area contributed by atoms with Crippen molar-refractivity contribution >= 4 is 0 Å². The number of aromatic nitrogens is 2. The molecule has 1 aromatic carbocycles. The second-order valence-corrected chi connectivity index (χ2v) is 4.49. The minimum Gasteiger partial charge on any atom is -0.494 e. The first-order valence-electron chi connectivity index (χ1n) is 6.17. The molecule has 1 atom stereocenters. The number of methoxy groups -OCH3 is 1. The number of nitrogens with zero attached hydrogens (tertiary/aromatic N) is 1. The van der Waals surface area contributed by atoms with E-state index in [0.717, 1.165) is 17.1 Å². The number of aromatic amines is 1. The number of aryl methyl sites for hydroxylation is 1. The van der Waals surface area contributed by atoms with E-state index in [2.05, 4.69) is 15.3 Å². The summed E-state index contributed by atoms with van der Waals surface area (Å²) in [4.78, 5) is 7.28. The van der Waals surface area contributed by atoms with Crippen LogP contribution in [0.1, 0.15) is 30.0 Å². The first kappa shape index (κ1) is 13.5. The maximum absolute atomic E-state index is 13.6. The molecule has 1 aromatic heterocycles. The normalized spacial score (nSPS) is 12.4. The van der Waals surface area contributed by atoms with E-state index in [1.807, 2.05) is 19.9 Å². The largest absolute Gasteiger partial charge is 0.494 e. The van der Waals surface area contributed by atoms with Crippen LogP contribution < -0.4 is 10.1 Å². The molecule has 102 valence electrons. The molecular weight excluding hydrogens is 245 g/mol. The van der Waals surface area contributed by atoms with Crippen LogP contribution in [0.15, 0.2) is 24.4 Å². The Labute approximate surface area is 112 Å². The predicted molar refractivity (Wildman–Crippen MR) is 71.5 cm³/mol. The molecular formula is C14H18FN3O. The van der Waals surface area contributed by atoms with Crippen molar-refractivity contribution in [3.8, 4) is 5.75 Å². The summed E-state index contributed by atoms with van der Waals surface area (Å²) >= 11 is 0. The zero-order valence-corrected chi connectivity index (χ0v) is 11.3. The molecule has 19 heavy (non-hydrogen) atoms. The van der Waals surface area contributed by atoms with Crippen LogP contribution in [-0.4, -0.2) is 17.1 Å². The summed E-state index contributed by atoms with van der Waals surface area (Å²) in [7, 11) is 1.46. The summed E-state index contributed by atoms with van der Waals surface area (Å²) in [6, 6.07) is 5.04. The Balaban J connectivity index is 1.99. The minimum atomic E-state index is -0.342. The van der Waals surface area contributed by atoms with Gasteiger partial charge in [0.15, 0.2) is 11.6 Å². The van der Waals surface area contributed by atoms with Crippen LogP contribution in [-0.2, 0) is 6.54 Å². The van der Waals surface area contributed by atoms with Crippen LogP contribution >= 0.6 is 0 Å². The SMILES string of the molecule is COc1ccc(C(C)NCc2cnc(C)[nH]2)cc1F. The number of hydrogen-bond acceptors (Lipinski definition) is 3. The monoisotopic (exact) mass is 263 g/mol. The lowest BCUT2D eigenvalue weighted by atomic mass is 10.1. The first-order valence-corrected chi connectivity index (χ1v) is 6.17. The van der Waals surface area contributed by atoms with Crippen LogP contribution in [0.5, 0.6) is 5.75 Å². The molecule has 4 nitrogen and oxygen atoms in total. The van der Waals surface area contributed by atoms with Gasteiger partial charge in [0.05, 0.1) is 7.11 Å². The highest BCUT2D eigenvalue weighted by Crippen LogP contribution is 2.21. The lowest BCUT2D eigenvalue weighted by Gasteiger charge is -2.14. The summed E-state index contributed by atoms with van der Waals surface area (Å²) < 4.78 is 18.5. The van der Waals surface area contributed by atoms with Gasteiger partial charge in [0, 0.05) is 24.5 Å². The van der Waals surface area contributed by atoms with Crippen molar-refractivity contribution in [3.63, 3.8) is 0 Å². The van der Waals surface area contributed by atoms with Crippen molar-refractivity contribution in [2.24, 2.45) is 0 Å². The van der Waals surface area contributed by atoms with Gasteiger partial charge in [-0.15, -0.1) is 0 Å². The summed E-state index contributed by atoms with van der Waals surface area (Å²) in [6.45, 7) is 4.56. The van der Waals surface area contributed by atoms with E-state index >= 15 is 0 Å². The summed E-state index contributed by atoms with van der Waals surface area (Å²) in [6.07, 6.45) is 1.80. The van der Waals surface area contributed by atoms with Gasteiger partial charge in [0.25, 0.3) is 0 Å². The zero-order chi connectivity index (χ0) is 13.8. The van der Waals surface area contributed by atoms with Crippen LogP contribution in [0.25, 0.3) is 0 Å². The Morgan fingerprint density at radius 1 is 1.47 bits per heavy atom. The highest BCUT2D eigenvalue weighted by atomic mass is 19.1. The molecule has 0 aliphatic rings. The molecule has 1 heterocycles. The number of benzene rings is 1. The van der Waals surface area contributed by atoms with Crippen molar-refractivity contribution in [1.29, 1.82) is 0 Å². The Kier molecular flexibility index (Phi) is 4.16. The Bertz CT molecular complexity index is 553. The third-order valence-corrected chi connectivity index (χ3v) is 3.03. The second-order valence-electron chi connectivity index (χ2n) is 4.49. The van der Waals surface area contributed by atoms with Crippen molar-refractivity contribution in [2.45, 2.75) is 26.4 Å². The first-order chi connectivity index (χ1) is 9.10. The summed E-state index contributed by atoms with van der Waals surface area (Å²) in [5.41, 5.74) is 1.90.